The van der Waals surface area contributed by atoms with Crippen LogP contribution in [-0.4, -0.2) is 33.5 Å². The molecule has 0 radical (unpaired) electrons. The van der Waals surface area contributed by atoms with Gasteiger partial charge in [0, 0.05) is 24.2 Å². The van der Waals surface area contributed by atoms with Crippen molar-refractivity contribution in [2.24, 2.45) is 5.73 Å². The molecule has 3 heterocycles. The number of primary amides is 1. The van der Waals surface area contributed by atoms with Crippen LogP contribution in [0.5, 0.6) is 0 Å². The average Bonchev–Trinajstić information content (AvgIpc) is 3.55. The highest BCUT2D eigenvalue weighted by atomic mass is 35.5. The summed E-state index contributed by atoms with van der Waals surface area (Å²) in [7, 11) is 0. The maximum Gasteiger partial charge on any atom is 0.265 e. The molecule has 0 spiro atoms. The number of benzene rings is 3. The molecule has 1 aliphatic heterocycles. The molecule has 2 aromatic heterocycles. The molecule has 5 aromatic rings. The van der Waals surface area contributed by atoms with Crippen molar-refractivity contribution in [2.75, 3.05) is 13.1 Å². The molecule has 0 fully saturated rings. The van der Waals surface area contributed by atoms with Crippen molar-refractivity contribution in [1.29, 1.82) is 0 Å². The number of nitrogens with zero attached hydrogens (tertiary/aromatic N) is 2. The number of nitrogens with two attached hydrogens (primary N) is 1. The minimum absolute atomic E-state index is 0. The summed E-state index contributed by atoms with van der Waals surface area (Å²) in [4.78, 5) is 33.3. The Kier molecular flexibility index (Phi) is 5.96. The second kappa shape index (κ2) is 9.11. The molecule has 1 aliphatic rings. The second-order valence-electron chi connectivity index (χ2n) is 8.74. The van der Waals surface area contributed by atoms with Gasteiger partial charge < -0.3 is 16.0 Å². The minimum atomic E-state index is -0.479. The number of carbonyl (C=O) groups excluding carboxylic acids is 1. The monoisotopic (exact) mass is 497 g/mol. The summed E-state index contributed by atoms with van der Waals surface area (Å²) in [6, 6.07) is 19.0. The highest BCUT2D eigenvalue weighted by molar-refractivity contribution is 6.10. The lowest BCUT2D eigenvalue weighted by atomic mass is 9.94. The zero-order chi connectivity index (χ0) is 24.1. The molecule has 8 heteroatoms. The van der Waals surface area contributed by atoms with Gasteiger partial charge in [0.15, 0.2) is 0 Å². The third kappa shape index (κ3) is 3.69. The van der Waals surface area contributed by atoms with Crippen LogP contribution in [0.1, 0.15) is 21.6 Å². The van der Waals surface area contributed by atoms with Crippen LogP contribution in [0.25, 0.3) is 44.2 Å². The zero-order valence-corrected chi connectivity index (χ0v) is 20.4. The normalized spacial score (nSPS) is 13.1. The quantitative estimate of drug-likeness (QED) is 0.343. The lowest BCUT2D eigenvalue weighted by Gasteiger charge is -2.15. The summed E-state index contributed by atoms with van der Waals surface area (Å²) in [6.07, 6.45) is 3.72. The molecule has 1 amide bonds. The molecule has 36 heavy (non-hydrogen) atoms. The predicted octanol–water partition coefficient (Wildman–Crippen LogP) is 4.35. The lowest BCUT2D eigenvalue weighted by molar-refractivity contribution is 0.100. The van der Waals surface area contributed by atoms with E-state index in [0.29, 0.717) is 22.0 Å². The Morgan fingerprint density at radius 3 is 2.64 bits per heavy atom. The standard InChI is InChI=1S/C28H23N5O2.ClH/c1-16-18(6-4-8-25(16)33-15-31-23-7-3-2-5-20(23)28(33)35)19-9-10-21(27(29)34)26-22(19)13-24(32-26)17-11-12-30-14-17;/h2-11,13,15,30,32H,12,14H2,1H3,(H2,29,34);1H. The highest BCUT2D eigenvalue weighted by Crippen LogP contribution is 2.36. The Morgan fingerprint density at radius 2 is 1.86 bits per heavy atom. The smallest absolute Gasteiger partial charge is 0.265 e. The van der Waals surface area contributed by atoms with Gasteiger partial charge in [-0.2, -0.15) is 0 Å². The minimum Gasteiger partial charge on any atom is -0.366 e. The van der Waals surface area contributed by atoms with E-state index in [1.165, 1.54) is 0 Å². The average molecular weight is 498 g/mol. The first-order valence-electron chi connectivity index (χ1n) is 11.5. The number of hydrogen-bond acceptors (Lipinski definition) is 4. The fourth-order valence-electron chi connectivity index (χ4n) is 4.93. The van der Waals surface area contributed by atoms with E-state index in [1.54, 1.807) is 23.0 Å². The molecule has 0 aliphatic carbocycles. The topological polar surface area (TPSA) is 106 Å². The molecule has 7 nitrogen and oxygen atoms in total. The molecule has 3 aromatic carbocycles. The van der Waals surface area contributed by atoms with Gasteiger partial charge in [0.05, 0.1) is 27.7 Å². The molecule has 4 N–H and O–H groups in total. The van der Waals surface area contributed by atoms with E-state index >= 15 is 0 Å². The molecule has 0 atom stereocenters. The Bertz CT molecular complexity index is 1750. The SMILES string of the molecule is Cc1c(-c2ccc(C(N)=O)c3[nH]c(C4=CCNC4)cc23)cccc1-n1cnc2ccccc2c1=O.Cl. The number of H-pyrrole nitrogens is 1. The van der Waals surface area contributed by atoms with Crippen molar-refractivity contribution in [3.05, 3.63) is 100 Å². The van der Waals surface area contributed by atoms with Gasteiger partial charge in [-0.15, -0.1) is 12.4 Å². The van der Waals surface area contributed by atoms with Gasteiger partial charge in [0.1, 0.15) is 6.33 Å². The van der Waals surface area contributed by atoms with Gasteiger partial charge in [-0.25, -0.2) is 4.98 Å². The molecule has 0 saturated carbocycles. The lowest BCUT2D eigenvalue weighted by Crippen LogP contribution is -2.19. The van der Waals surface area contributed by atoms with Crippen molar-refractivity contribution in [1.82, 2.24) is 19.9 Å². The van der Waals surface area contributed by atoms with Crippen LogP contribution < -0.4 is 16.6 Å². The Hall–Kier alpha value is -4.20. The van der Waals surface area contributed by atoms with Gasteiger partial charge >= 0.3 is 0 Å². The number of halogens is 1. The highest BCUT2D eigenvalue weighted by Gasteiger charge is 2.19. The third-order valence-corrected chi connectivity index (χ3v) is 6.73. The van der Waals surface area contributed by atoms with Crippen molar-refractivity contribution >= 4 is 45.7 Å². The Morgan fingerprint density at radius 1 is 1.03 bits per heavy atom. The molecular weight excluding hydrogens is 474 g/mol. The maximum absolute atomic E-state index is 13.3. The van der Waals surface area contributed by atoms with E-state index in [-0.39, 0.29) is 18.0 Å². The summed E-state index contributed by atoms with van der Waals surface area (Å²) < 4.78 is 1.59. The van der Waals surface area contributed by atoms with Gasteiger partial charge in [-0.3, -0.25) is 14.2 Å². The molecule has 0 unspecified atom stereocenters. The molecule has 0 bridgehead atoms. The third-order valence-electron chi connectivity index (χ3n) is 6.73. The molecule has 6 rings (SSSR count). The number of rotatable bonds is 4. The maximum atomic E-state index is 13.3. The van der Waals surface area contributed by atoms with Crippen LogP contribution in [0, 0.1) is 6.92 Å². The van der Waals surface area contributed by atoms with Crippen LogP contribution in [0.2, 0.25) is 0 Å². The van der Waals surface area contributed by atoms with Crippen LogP contribution in [-0.2, 0) is 0 Å². The zero-order valence-electron chi connectivity index (χ0n) is 19.5. The van der Waals surface area contributed by atoms with Gasteiger partial charge in [-0.1, -0.05) is 36.4 Å². The van der Waals surface area contributed by atoms with Gasteiger partial charge in [0.25, 0.3) is 11.5 Å². The van der Waals surface area contributed by atoms with Gasteiger partial charge in [0.2, 0.25) is 0 Å². The van der Waals surface area contributed by atoms with Crippen molar-refractivity contribution in [3.8, 4) is 16.8 Å². The number of fused-ring (bicyclic) bond motifs is 2. The van der Waals surface area contributed by atoms with Crippen molar-refractivity contribution < 1.29 is 4.79 Å². The molecule has 0 saturated heterocycles. The summed E-state index contributed by atoms with van der Waals surface area (Å²) >= 11 is 0. The van der Waals surface area contributed by atoms with Crippen LogP contribution in [0.4, 0.5) is 0 Å². The number of hydrogen-bond donors (Lipinski definition) is 3. The van der Waals surface area contributed by atoms with E-state index < -0.39 is 5.91 Å². The van der Waals surface area contributed by atoms with Crippen molar-refractivity contribution in [2.45, 2.75) is 6.92 Å². The first-order chi connectivity index (χ1) is 17.0. The first kappa shape index (κ1) is 23.5. The van der Waals surface area contributed by atoms with Crippen molar-refractivity contribution in [3.63, 3.8) is 0 Å². The summed E-state index contributed by atoms with van der Waals surface area (Å²) in [5, 5.41) is 4.79. The second-order valence-corrected chi connectivity index (χ2v) is 8.74. The van der Waals surface area contributed by atoms with Crippen LogP contribution >= 0.6 is 12.4 Å². The number of amides is 1. The molecular formula is C28H24ClN5O2. The van der Waals surface area contributed by atoms with E-state index in [1.807, 2.05) is 49.4 Å². The summed E-state index contributed by atoms with van der Waals surface area (Å²) in [6.45, 7) is 3.58. The number of nitrogens with one attached hydrogen (secondary N) is 2. The Labute approximate surface area is 213 Å². The number of carbonyl (C=O) groups is 1. The fraction of sp³-hybridized carbons (Fsp3) is 0.107. The number of aromatic amines is 1. The number of para-hydroxylation sites is 1. The first-order valence-corrected chi connectivity index (χ1v) is 11.5. The van der Waals surface area contributed by atoms with Crippen LogP contribution in [0.3, 0.4) is 0 Å². The Balaban J connectivity index is 0.00000267. The van der Waals surface area contributed by atoms with Crippen LogP contribution in [0.15, 0.2) is 77.9 Å². The number of aromatic nitrogens is 3. The van der Waals surface area contributed by atoms with E-state index in [2.05, 4.69) is 27.4 Å². The fourth-order valence-corrected chi connectivity index (χ4v) is 4.93. The van der Waals surface area contributed by atoms with E-state index in [4.69, 9.17) is 5.73 Å². The summed E-state index contributed by atoms with van der Waals surface area (Å²) in [5.74, 6) is -0.479. The van der Waals surface area contributed by atoms with E-state index in [0.717, 1.165) is 52.1 Å². The predicted molar refractivity (Wildman–Crippen MR) is 146 cm³/mol. The molecule has 180 valence electrons. The van der Waals surface area contributed by atoms with Gasteiger partial charge in [-0.05, 0) is 59.5 Å². The largest absolute Gasteiger partial charge is 0.366 e. The van der Waals surface area contributed by atoms with E-state index in [9.17, 15) is 9.59 Å². The summed E-state index contributed by atoms with van der Waals surface area (Å²) in [5.41, 5.74) is 13.1.